The molecule has 0 aliphatic carbocycles. The molecule has 0 aromatic carbocycles. The van der Waals surface area contributed by atoms with Gasteiger partial charge in [0.15, 0.2) is 0 Å². The molecule has 0 atom stereocenters. The van der Waals surface area contributed by atoms with Crippen molar-refractivity contribution >= 4 is 22.9 Å². The van der Waals surface area contributed by atoms with E-state index in [-0.39, 0.29) is 0 Å². The van der Waals surface area contributed by atoms with Gasteiger partial charge in [-0.1, -0.05) is 11.6 Å². The highest BCUT2D eigenvalue weighted by Crippen LogP contribution is 2.20. The number of nitrogens with zero attached hydrogens (tertiary/aromatic N) is 1. The number of aromatic nitrogens is 2. The van der Waals surface area contributed by atoms with E-state index in [1.165, 1.54) is 4.88 Å². The number of hydrogen-bond donors (Lipinski definition) is 2. The Hall–Kier alpha value is -0.840. The molecule has 14 heavy (non-hydrogen) atoms. The number of imidazole rings is 1. The van der Waals surface area contributed by atoms with Gasteiger partial charge in [-0.05, 0) is 12.1 Å². The monoisotopic (exact) mass is 227 g/mol. The molecule has 2 N–H and O–H groups in total. The lowest BCUT2D eigenvalue weighted by Gasteiger charge is -1.99. The lowest BCUT2D eigenvalue weighted by atomic mass is 10.4. The second kappa shape index (κ2) is 4.59. The van der Waals surface area contributed by atoms with Gasteiger partial charge in [0.1, 0.15) is 5.82 Å². The van der Waals surface area contributed by atoms with Gasteiger partial charge in [0, 0.05) is 23.8 Å². The molecule has 2 aromatic rings. The maximum atomic E-state index is 5.81. The highest BCUT2D eigenvalue weighted by molar-refractivity contribution is 7.16. The third kappa shape index (κ3) is 2.57. The number of halogens is 1. The SMILES string of the molecule is Clc1ccc(CNCc2ncc[nH]2)s1. The first-order chi connectivity index (χ1) is 6.84. The van der Waals surface area contributed by atoms with Gasteiger partial charge in [-0.15, -0.1) is 11.3 Å². The van der Waals surface area contributed by atoms with Crippen LogP contribution in [0.25, 0.3) is 0 Å². The largest absolute Gasteiger partial charge is 0.348 e. The minimum Gasteiger partial charge on any atom is -0.348 e. The van der Waals surface area contributed by atoms with Gasteiger partial charge in [0.25, 0.3) is 0 Å². The first-order valence-corrected chi connectivity index (χ1v) is 5.47. The van der Waals surface area contributed by atoms with Gasteiger partial charge in [0.2, 0.25) is 0 Å². The maximum Gasteiger partial charge on any atom is 0.120 e. The Bertz CT molecular complexity index is 382. The second-order valence-electron chi connectivity index (χ2n) is 2.85. The average molecular weight is 228 g/mol. The number of thiophene rings is 1. The third-order valence-corrected chi connectivity index (χ3v) is 3.01. The molecule has 5 heteroatoms. The van der Waals surface area contributed by atoms with Crippen molar-refractivity contribution in [1.29, 1.82) is 0 Å². The van der Waals surface area contributed by atoms with Crippen LogP contribution >= 0.6 is 22.9 Å². The molecule has 0 radical (unpaired) electrons. The van der Waals surface area contributed by atoms with Crippen molar-refractivity contribution in [3.8, 4) is 0 Å². The Kier molecular flexibility index (Phi) is 3.18. The van der Waals surface area contributed by atoms with Crippen molar-refractivity contribution in [3.05, 3.63) is 39.6 Å². The molecule has 0 aliphatic rings. The van der Waals surface area contributed by atoms with Crippen molar-refractivity contribution in [2.45, 2.75) is 13.1 Å². The van der Waals surface area contributed by atoms with Gasteiger partial charge >= 0.3 is 0 Å². The molecule has 0 saturated heterocycles. The molecular formula is C9H10ClN3S. The molecule has 2 aromatic heterocycles. The van der Waals surface area contributed by atoms with Gasteiger partial charge in [0.05, 0.1) is 10.9 Å². The van der Waals surface area contributed by atoms with Crippen LogP contribution < -0.4 is 5.32 Å². The van der Waals surface area contributed by atoms with Crippen molar-refractivity contribution in [2.24, 2.45) is 0 Å². The zero-order chi connectivity index (χ0) is 9.80. The summed E-state index contributed by atoms with van der Waals surface area (Å²) < 4.78 is 0.833. The van der Waals surface area contributed by atoms with E-state index in [1.807, 2.05) is 18.3 Å². The molecule has 0 bridgehead atoms. The van der Waals surface area contributed by atoms with E-state index in [2.05, 4.69) is 15.3 Å². The van der Waals surface area contributed by atoms with Crippen LogP contribution in [0.3, 0.4) is 0 Å². The zero-order valence-corrected chi connectivity index (χ0v) is 9.03. The van der Waals surface area contributed by atoms with Crippen molar-refractivity contribution in [2.75, 3.05) is 0 Å². The molecular weight excluding hydrogens is 218 g/mol. The standard InChI is InChI=1S/C9H10ClN3S/c10-8-2-1-7(14-8)5-11-6-9-12-3-4-13-9/h1-4,11H,5-6H2,(H,12,13). The minimum atomic E-state index is 0.752. The van der Waals surface area contributed by atoms with Crippen molar-refractivity contribution in [3.63, 3.8) is 0 Å². The Morgan fingerprint density at radius 1 is 1.43 bits per heavy atom. The normalized spacial score (nSPS) is 10.6. The van der Waals surface area contributed by atoms with Crippen LogP contribution in [-0.2, 0) is 13.1 Å². The van der Waals surface area contributed by atoms with Gasteiger partial charge in [-0.3, -0.25) is 0 Å². The highest BCUT2D eigenvalue weighted by atomic mass is 35.5. The predicted molar refractivity (Wildman–Crippen MR) is 58.5 cm³/mol. The van der Waals surface area contributed by atoms with E-state index in [4.69, 9.17) is 11.6 Å². The van der Waals surface area contributed by atoms with Gasteiger partial charge in [-0.2, -0.15) is 0 Å². The summed E-state index contributed by atoms with van der Waals surface area (Å²) in [6.07, 6.45) is 3.57. The van der Waals surface area contributed by atoms with Crippen LogP contribution in [0, 0.1) is 0 Å². The molecule has 0 amide bonds. The van der Waals surface area contributed by atoms with E-state index < -0.39 is 0 Å². The Labute approximate surface area is 91.1 Å². The van der Waals surface area contributed by atoms with Crippen molar-refractivity contribution in [1.82, 2.24) is 15.3 Å². The molecule has 74 valence electrons. The Morgan fingerprint density at radius 2 is 2.36 bits per heavy atom. The summed E-state index contributed by atoms with van der Waals surface area (Å²) in [5.74, 6) is 0.952. The summed E-state index contributed by atoms with van der Waals surface area (Å²) in [5, 5.41) is 3.28. The summed E-state index contributed by atoms with van der Waals surface area (Å²) >= 11 is 7.41. The van der Waals surface area contributed by atoms with Crippen LogP contribution in [-0.4, -0.2) is 9.97 Å². The molecule has 0 spiro atoms. The molecule has 0 saturated carbocycles. The van der Waals surface area contributed by atoms with Crippen LogP contribution in [0.4, 0.5) is 0 Å². The second-order valence-corrected chi connectivity index (χ2v) is 4.64. The number of aromatic amines is 1. The van der Waals surface area contributed by atoms with E-state index >= 15 is 0 Å². The van der Waals surface area contributed by atoms with Crippen molar-refractivity contribution < 1.29 is 0 Å². The molecule has 0 fully saturated rings. The number of H-pyrrole nitrogens is 1. The number of nitrogens with one attached hydrogen (secondary N) is 2. The summed E-state index contributed by atoms with van der Waals surface area (Å²) in [7, 11) is 0. The first kappa shape index (κ1) is 9.71. The van der Waals surface area contributed by atoms with E-state index in [0.29, 0.717) is 0 Å². The van der Waals surface area contributed by atoms with E-state index in [1.54, 1.807) is 17.5 Å². The minimum absolute atomic E-state index is 0.752. The first-order valence-electron chi connectivity index (χ1n) is 4.28. The fourth-order valence-electron chi connectivity index (χ4n) is 1.15. The molecule has 3 nitrogen and oxygen atoms in total. The zero-order valence-electron chi connectivity index (χ0n) is 7.46. The van der Waals surface area contributed by atoms with Crippen LogP contribution in [0.2, 0.25) is 4.34 Å². The van der Waals surface area contributed by atoms with Gasteiger partial charge in [-0.25, -0.2) is 4.98 Å². The number of hydrogen-bond acceptors (Lipinski definition) is 3. The molecule has 0 aliphatic heterocycles. The Balaban J connectivity index is 1.78. The Morgan fingerprint density at radius 3 is 3.00 bits per heavy atom. The van der Waals surface area contributed by atoms with E-state index in [0.717, 1.165) is 23.3 Å². The fraction of sp³-hybridized carbons (Fsp3) is 0.222. The fourth-order valence-corrected chi connectivity index (χ4v) is 2.20. The van der Waals surface area contributed by atoms with Crippen LogP contribution in [0.5, 0.6) is 0 Å². The molecule has 2 heterocycles. The highest BCUT2D eigenvalue weighted by Gasteiger charge is 1.98. The molecule has 0 unspecified atom stereocenters. The van der Waals surface area contributed by atoms with Gasteiger partial charge < -0.3 is 10.3 Å². The topological polar surface area (TPSA) is 40.7 Å². The smallest absolute Gasteiger partial charge is 0.120 e. The molecule has 2 rings (SSSR count). The average Bonchev–Trinajstić information content (AvgIpc) is 2.77. The summed E-state index contributed by atoms with van der Waals surface area (Å²) in [4.78, 5) is 8.38. The lowest BCUT2D eigenvalue weighted by Crippen LogP contribution is -2.12. The lowest BCUT2D eigenvalue weighted by molar-refractivity contribution is 0.675. The maximum absolute atomic E-state index is 5.81. The third-order valence-electron chi connectivity index (χ3n) is 1.78. The summed E-state index contributed by atoms with van der Waals surface area (Å²) in [6.45, 7) is 1.58. The van der Waals surface area contributed by atoms with E-state index in [9.17, 15) is 0 Å². The van der Waals surface area contributed by atoms with Crippen LogP contribution in [0.15, 0.2) is 24.5 Å². The quantitative estimate of drug-likeness (QED) is 0.842. The van der Waals surface area contributed by atoms with Crippen LogP contribution in [0.1, 0.15) is 10.7 Å². The number of rotatable bonds is 4. The predicted octanol–water partition coefficient (Wildman–Crippen LogP) is 2.41. The summed E-state index contributed by atoms with van der Waals surface area (Å²) in [5.41, 5.74) is 0. The summed E-state index contributed by atoms with van der Waals surface area (Å²) in [6, 6.07) is 3.94.